The van der Waals surface area contributed by atoms with Crippen LogP contribution in [0.4, 0.5) is 0 Å². The molecule has 0 bridgehead atoms. The van der Waals surface area contributed by atoms with E-state index in [0.717, 1.165) is 24.8 Å². The highest BCUT2D eigenvalue weighted by atomic mass is 32.2. The minimum atomic E-state index is -3.51. The molecule has 1 saturated carbocycles. The van der Waals surface area contributed by atoms with E-state index in [9.17, 15) is 13.5 Å². The lowest BCUT2D eigenvalue weighted by Gasteiger charge is -2.34. The van der Waals surface area contributed by atoms with Crippen molar-refractivity contribution in [3.63, 3.8) is 0 Å². The zero-order chi connectivity index (χ0) is 14.0. The lowest BCUT2D eigenvalue weighted by molar-refractivity contribution is 0.0638. The Morgan fingerprint density at radius 3 is 2.32 bits per heavy atom. The number of benzene rings is 1. The van der Waals surface area contributed by atoms with Gasteiger partial charge in [0.1, 0.15) is 0 Å². The summed E-state index contributed by atoms with van der Waals surface area (Å²) in [5, 5.41) is 9.99. The van der Waals surface area contributed by atoms with Gasteiger partial charge in [-0.2, -0.15) is 4.31 Å². The molecule has 1 aromatic rings. The van der Waals surface area contributed by atoms with Crippen molar-refractivity contribution >= 4 is 10.0 Å². The number of aryl methyl sites for hydroxylation is 1. The summed E-state index contributed by atoms with van der Waals surface area (Å²) < 4.78 is 26.3. The number of sulfonamides is 1. The van der Waals surface area contributed by atoms with Crippen molar-refractivity contribution in [3.8, 4) is 0 Å². The van der Waals surface area contributed by atoms with Crippen molar-refractivity contribution in [2.45, 2.75) is 49.6 Å². The first-order valence-corrected chi connectivity index (χ1v) is 8.09. The molecule has 1 N–H and O–H groups in total. The third-order valence-electron chi connectivity index (χ3n) is 3.86. The van der Waals surface area contributed by atoms with Gasteiger partial charge in [-0.3, -0.25) is 0 Å². The smallest absolute Gasteiger partial charge is 0.243 e. The lowest BCUT2D eigenvalue weighted by atomic mass is 9.93. The molecule has 5 heteroatoms. The predicted molar refractivity (Wildman–Crippen MR) is 74.4 cm³/mol. The second-order valence-corrected chi connectivity index (χ2v) is 7.25. The number of aliphatic hydroxyl groups is 1. The molecule has 19 heavy (non-hydrogen) atoms. The summed E-state index contributed by atoms with van der Waals surface area (Å²) in [4.78, 5) is 0.290. The average molecular weight is 283 g/mol. The second kappa shape index (κ2) is 5.61. The summed E-state index contributed by atoms with van der Waals surface area (Å²) in [6.45, 7) is 1.92. The zero-order valence-corrected chi connectivity index (χ0v) is 12.2. The summed E-state index contributed by atoms with van der Waals surface area (Å²) in [6.07, 6.45) is 2.78. The molecule has 0 amide bonds. The predicted octanol–water partition coefficient (Wildman–Crippen LogP) is 1.92. The summed E-state index contributed by atoms with van der Waals surface area (Å²) in [5.41, 5.74) is 1.03. The topological polar surface area (TPSA) is 57.6 Å². The van der Waals surface area contributed by atoms with Crippen LogP contribution in [0.5, 0.6) is 0 Å². The van der Waals surface area contributed by atoms with E-state index in [-0.39, 0.29) is 6.04 Å². The van der Waals surface area contributed by atoms with E-state index in [4.69, 9.17) is 0 Å². The van der Waals surface area contributed by atoms with Gasteiger partial charge in [-0.25, -0.2) is 8.42 Å². The van der Waals surface area contributed by atoms with E-state index < -0.39 is 16.1 Å². The molecule has 0 aliphatic heterocycles. The van der Waals surface area contributed by atoms with Gasteiger partial charge in [-0.1, -0.05) is 30.5 Å². The highest BCUT2D eigenvalue weighted by molar-refractivity contribution is 7.89. The Morgan fingerprint density at radius 2 is 1.74 bits per heavy atom. The molecular formula is C14H21NO3S. The highest BCUT2D eigenvalue weighted by Gasteiger charge is 2.34. The maximum Gasteiger partial charge on any atom is 0.243 e. The molecule has 4 nitrogen and oxygen atoms in total. The fraction of sp³-hybridized carbons (Fsp3) is 0.571. The zero-order valence-electron chi connectivity index (χ0n) is 11.4. The molecule has 0 heterocycles. The van der Waals surface area contributed by atoms with Gasteiger partial charge in [-0.05, 0) is 31.9 Å². The van der Waals surface area contributed by atoms with Gasteiger partial charge in [0.05, 0.1) is 17.0 Å². The number of likely N-dealkylation sites (N-methyl/N-ethyl adjacent to an activating group) is 1. The monoisotopic (exact) mass is 283 g/mol. The van der Waals surface area contributed by atoms with Gasteiger partial charge in [0, 0.05) is 7.05 Å². The van der Waals surface area contributed by atoms with E-state index in [1.54, 1.807) is 31.3 Å². The molecule has 2 rings (SSSR count). The van der Waals surface area contributed by atoms with Crippen LogP contribution >= 0.6 is 0 Å². The molecule has 1 aromatic carbocycles. The molecule has 0 radical (unpaired) electrons. The van der Waals surface area contributed by atoms with Gasteiger partial charge in [0.25, 0.3) is 0 Å². The Balaban J connectivity index is 2.25. The molecule has 1 fully saturated rings. The van der Waals surface area contributed by atoms with Crippen LogP contribution in [-0.4, -0.2) is 37.0 Å². The van der Waals surface area contributed by atoms with Gasteiger partial charge < -0.3 is 5.11 Å². The molecule has 106 valence electrons. The minimum absolute atomic E-state index is 0.290. The summed E-state index contributed by atoms with van der Waals surface area (Å²) >= 11 is 0. The van der Waals surface area contributed by atoms with Gasteiger partial charge in [0.2, 0.25) is 10.0 Å². The molecule has 0 saturated heterocycles. The van der Waals surface area contributed by atoms with Crippen LogP contribution in [0.2, 0.25) is 0 Å². The number of nitrogens with zero attached hydrogens (tertiary/aromatic N) is 1. The number of aliphatic hydroxyl groups excluding tert-OH is 1. The SMILES string of the molecule is Cc1ccc(S(=O)(=O)N(C)[C@H]2CCCC[C@@H]2O)cc1. The van der Waals surface area contributed by atoms with E-state index in [1.165, 1.54) is 4.31 Å². The van der Waals surface area contributed by atoms with E-state index in [2.05, 4.69) is 0 Å². The maximum atomic E-state index is 12.5. The van der Waals surface area contributed by atoms with Crippen molar-refractivity contribution in [1.29, 1.82) is 0 Å². The number of hydrogen-bond donors (Lipinski definition) is 1. The van der Waals surface area contributed by atoms with Crippen LogP contribution in [-0.2, 0) is 10.0 Å². The Hall–Kier alpha value is -0.910. The van der Waals surface area contributed by atoms with Gasteiger partial charge in [-0.15, -0.1) is 0 Å². The van der Waals surface area contributed by atoms with E-state index in [0.29, 0.717) is 11.3 Å². The Kier molecular flexibility index (Phi) is 4.28. The standard InChI is InChI=1S/C14H21NO3S/c1-11-7-9-12(10-8-11)19(17,18)15(2)13-5-3-4-6-14(13)16/h7-10,13-14,16H,3-6H2,1-2H3/t13-,14-/m0/s1. The van der Waals surface area contributed by atoms with Crippen LogP contribution in [0.15, 0.2) is 29.2 Å². The highest BCUT2D eigenvalue weighted by Crippen LogP contribution is 2.26. The summed E-state index contributed by atoms with van der Waals surface area (Å²) in [6, 6.07) is 6.52. The Morgan fingerprint density at radius 1 is 1.16 bits per heavy atom. The molecule has 0 aromatic heterocycles. The van der Waals surface area contributed by atoms with Crippen molar-refractivity contribution in [1.82, 2.24) is 4.31 Å². The number of hydrogen-bond acceptors (Lipinski definition) is 3. The van der Waals surface area contributed by atoms with E-state index in [1.807, 2.05) is 6.92 Å². The molecule has 0 unspecified atom stereocenters. The quantitative estimate of drug-likeness (QED) is 0.922. The van der Waals surface area contributed by atoms with Crippen LogP contribution in [0, 0.1) is 6.92 Å². The Labute approximate surface area is 115 Å². The molecule has 1 aliphatic carbocycles. The van der Waals surface area contributed by atoms with Crippen LogP contribution in [0.1, 0.15) is 31.2 Å². The normalized spacial score (nSPS) is 24.6. The summed E-state index contributed by atoms with van der Waals surface area (Å²) in [7, 11) is -1.95. The van der Waals surface area contributed by atoms with Crippen LogP contribution in [0.25, 0.3) is 0 Å². The fourth-order valence-corrected chi connectivity index (χ4v) is 3.99. The fourth-order valence-electron chi connectivity index (χ4n) is 2.57. The van der Waals surface area contributed by atoms with Gasteiger partial charge in [0.15, 0.2) is 0 Å². The minimum Gasteiger partial charge on any atom is -0.391 e. The average Bonchev–Trinajstić information content (AvgIpc) is 2.39. The molecular weight excluding hydrogens is 262 g/mol. The summed E-state index contributed by atoms with van der Waals surface area (Å²) in [5.74, 6) is 0. The molecule has 0 spiro atoms. The second-order valence-electron chi connectivity index (χ2n) is 5.25. The lowest BCUT2D eigenvalue weighted by Crippen LogP contribution is -2.46. The van der Waals surface area contributed by atoms with Crippen molar-refractivity contribution < 1.29 is 13.5 Å². The third-order valence-corrected chi connectivity index (χ3v) is 5.76. The Bertz CT molecular complexity index is 524. The van der Waals surface area contributed by atoms with Crippen LogP contribution in [0.3, 0.4) is 0 Å². The third kappa shape index (κ3) is 2.99. The van der Waals surface area contributed by atoms with Gasteiger partial charge >= 0.3 is 0 Å². The first-order valence-electron chi connectivity index (χ1n) is 6.65. The van der Waals surface area contributed by atoms with E-state index >= 15 is 0 Å². The van der Waals surface area contributed by atoms with Crippen LogP contribution < -0.4 is 0 Å². The molecule has 2 atom stereocenters. The first-order chi connectivity index (χ1) is 8.93. The van der Waals surface area contributed by atoms with Crippen molar-refractivity contribution in [2.75, 3.05) is 7.05 Å². The maximum absolute atomic E-state index is 12.5. The molecule has 1 aliphatic rings. The van der Waals surface area contributed by atoms with Crippen molar-refractivity contribution in [2.24, 2.45) is 0 Å². The number of rotatable bonds is 3. The van der Waals surface area contributed by atoms with Crippen molar-refractivity contribution in [3.05, 3.63) is 29.8 Å². The first kappa shape index (κ1) is 14.5. The largest absolute Gasteiger partial charge is 0.391 e.